The van der Waals surface area contributed by atoms with E-state index in [1.807, 2.05) is 13.8 Å². The van der Waals surface area contributed by atoms with Crippen LogP contribution < -0.4 is 0 Å². The average Bonchev–Trinajstić information content (AvgIpc) is 2.06. The molecule has 0 fully saturated rings. The van der Waals surface area contributed by atoms with E-state index in [2.05, 4.69) is 0 Å². The van der Waals surface area contributed by atoms with Crippen molar-refractivity contribution in [1.82, 2.24) is 0 Å². The third kappa shape index (κ3) is 2.70. The zero-order chi connectivity index (χ0) is 11.8. The van der Waals surface area contributed by atoms with Gasteiger partial charge in [-0.25, -0.2) is 4.39 Å². The Labute approximate surface area is 94.9 Å². The van der Waals surface area contributed by atoms with Crippen molar-refractivity contribution in [2.24, 2.45) is 0 Å². The Morgan fingerprint density at radius 3 is 2.27 bits per heavy atom. The van der Waals surface area contributed by atoms with Crippen molar-refractivity contribution < 1.29 is 9.50 Å². The predicted octanol–water partition coefficient (Wildman–Crippen LogP) is 3.83. The molecule has 0 heterocycles. The fourth-order valence-corrected chi connectivity index (χ4v) is 1.62. The molecular weight excluding hydrogens is 215 g/mol. The monoisotopic (exact) mass is 230 g/mol. The summed E-state index contributed by atoms with van der Waals surface area (Å²) in [7, 11) is 0. The van der Waals surface area contributed by atoms with Gasteiger partial charge in [-0.1, -0.05) is 25.4 Å². The zero-order valence-electron chi connectivity index (χ0n) is 9.44. The topological polar surface area (TPSA) is 20.2 Å². The van der Waals surface area contributed by atoms with Gasteiger partial charge in [0.25, 0.3) is 0 Å². The van der Waals surface area contributed by atoms with Crippen molar-refractivity contribution in [2.45, 2.75) is 39.2 Å². The van der Waals surface area contributed by atoms with Gasteiger partial charge in [0.1, 0.15) is 5.82 Å². The molecule has 0 aliphatic rings. The van der Waals surface area contributed by atoms with Crippen LogP contribution >= 0.6 is 11.6 Å². The molecule has 0 spiro atoms. The minimum atomic E-state index is -1.21. The van der Waals surface area contributed by atoms with Gasteiger partial charge >= 0.3 is 0 Å². The van der Waals surface area contributed by atoms with Crippen LogP contribution in [0.5, 0.6) is 0 Å². The number of hydrogen-bond acceptors (Lipinski definition) is 1. The van der Waals surface area contributed by atoms with Gasteiger partial charge < -0.3 is 5.11 Å². The zero-order valence-corrected chi connectivity index (χ0v) is 10.2. The van der Waals surface area contributed by atoms with Gasteiger partial charge in [-0.2, -0.15) is 0 Å². The van der Waals surface area contributed by atoms with Gasteiger partial charge in [0.15, 0.2) is 0 Å². The number of rotatable bonds is 2. The molecule has 0 amide bonds. The van der Waals surface area contributed by atoms with Crippen LogP contribution in [0.25, 0.3) is 0 Å². The van der Waals surface area contributed by atoms with Gasteiger partial charge in [0.05, 0.1) is 10.6 Å². The van der Waals surface area contributed by atoms with Gasteiger partial charge in [-0.15, -0.1) is 0 Å². The normalized spacial score (nSPS) is 12.3. The molecule has 15 heavy (non-hydrogen) atoms. The molecule has 84 valence electrons. The largest absolute Gasteiger partial charge is 0.386 e. The molecule has 0 unspecified atom stereocenters. The van der Waals surface area contributed by atoms with E-state index in [0.29, 0.717) is 0 Å². The first-order chi connectivity index (χ1) is 6.73. The molecule has 0 saturated carbocycles. The standard InChI is InChI=1S/C12H16ClFO/c1-7(2)8-5-9(12(3,4)15)11(14)10(13)6-8/h5-7,15H,1-4H3. The summed E-state index contributed by atoms with van der Waals surface area (Å²) >= 11 is 5.78. The Bertz CT molecular complexity index is 367. The lowest BCUT2D eigenvalue weighted by molar-refractivity contribution is 0.0744. The Morgan fingerprint density at radius 1 is 1.33 bits per heavy atom. The van der Waals surface area contributed by atoms with Crippen molar-refractivity contribution >= 4 is 11.6 Å². The van der Waals surface area contributed by atoms with E-state index in [9.17, 15) is 9.50 Å². The van der Waals surface area contributed by atoms with Crippen molar-refractivity contribution in [3.05, 3.63) is 34.1 Å². The first kappa shape index (κ1) is 12.5. The molecule has 1 rings (SSSR count). The molecule has 0 saturated heterocycles. The Balaban J connectivity index is 3.38. The number of aliphatic hydroxyl groups is 1. The fourth-order valence-electron chi connectivity index (χ4n) is 1.39. The average molecular weight is 231 g/mol. The summed E-state index contributed by atoms with van der Waals surface area (Å²) in [4.78, 5) is 0. The molecule has 1 aromatic carbocycles. The minimum absolute atomic E-state index is 0.0679. The molecule has 0 atom stereocenters. The van der Waals surface area contributed by atoms with E-state index >= 15 is 0 Å². The Morgan fingerprint density at radius 2 is 1.87 bits per heavy atom. The second kappa shape index (κ2) is 4.11. The van der Waals surface area contributed by atoms with E-state index in [0.717, 1.165) is 5.56 Å². The molecule has 0 aromatic heterocycles. The molecular formula is C12H16ClFO. The van der Waals surface area contributed by atoms with Crippen molar-refractivity contribution in [3.63, 3.8) is 0 Å². The van der Waals surface area contributed by atoms with Crippen molar-refractivity contribution in [1.29, 1.82) is 0 Å². The van der Waals surface area contributed by atoms with Gasteiger partial charge in [-0.05, 0) is 37.5 Å². The van der Waals surface area contributed by atoms with Crippen LogP contribution in [0.4, 0.5) is 4.39 Å². The molecule has 1 aromatic rings. The lowest BCUT2D eigenvalue weighted by Gasteiger charge is -2.21. The van der Waals surface area contributed by atoms with E-state index in [-0.39, 0.29) is 16.5 Å². The van der Waals surface area contributed by atoms with E-state index in [4.69, 9.17) is 11.6 Å². The summed E-state index contributed by atoms with van der Waals surface area (Å²) in [6.07, 6.45) is 0. The molecule has 0 radical (unpaired) electrons. The summed E-state index contributed by atoms with van der Waals surface area (Å²) in [5.41, 5.74) is -0.0317. The van der Waals surface area contributed by atoms with Crippen LogP contribution in [-0.4, -0.2) is 5.11 Å². The van der Waals surface area contributed by atoms with Gasteiger partial charge in [0, 0.05) is 5.56 Å². The molecule has 0 aliphatic heterocycles. The van der Waals surface area contributed by atoms with Crippen molar-refractivity contribution in [3.8, 4) is 0 Å². The SMILES string of the molecule is CC(C)c1cc(Cl)c(F)c(C(C)(C)O)c1. The first-order valence-electron chi connectivity index (χ1n) is 4.95. The van der Waals surface area contributed by atoms with Crippen LogP contribution in [0.3, 0.4) is 0 Å². The number of benzene rings is 1. The maximum Gasteiger partial charge on any atom is 0.147 e. The van der Waals surface area contributed by atoms with Crippen LogP contribution in [-0.2, 0) is 5.60 Å². The highest BCUT2D eigenvalue weighted by molar-refractivity contribution is 6.30. The van der Waals surface area contributed by atoms with Crippen LogP contribution in [0.15, 0.2) is 12.1 Å². The van der Waals surface area contributed by atoms with E-state index in [1.54, 1.807) is 26.0 Å². The summed E-state index contributed by atoms with van der Waals surface area (Å²) in [5, 5.41) is 9.87. The number of halogens is 2. The van der Waals surface area contributed by atoms with Crippen LogP contribution in [0.1, 0.15) is 44.7 Å². The van der Waals surface area contributed by atoms with Gasteiger partial charge in [0.2, 0.25) is 0 Å². The highest BCUT2D eigenvalue weighted by atomic mass is 35.5. The summed E-state index contributed by atoms with van der Waals surface area (Å²) in [5.74, 6) is -0.280. The maximum atomic E-state index is 13.6. The Hall–Kier alpha value is -0.600. The van der Waals surface area contributed by atoms with Crippen molar-refractivity contribution in [2.75, 3.05) is 0 Å². The smallest absolute Gasteiger partial charge is 0.147 e. The van der Waals surface area contributed by atoms with E-state index < -0.39 is 11.4 Å². The summed E-state index contributed by atoms with van der Waals surface area (Å²) in [6, 6.07) is 3.28. The molecule has 3 heteroatoms. The quantitative estimate of drug-likeness (QED) is 0.819. The third-order valence-corrected chi connectivity index (χ3v) is 2.65. The maximum absolute atomic E-state index is 13.6. The first-order valence-corrected chi connectivity index (χ1v) is 5.33. The minimum Gasteiger partial charge on any atom is -0.386 e. The number of hydrogen-bond donors (Lipinski definition) is 1. The Kier molecular flexibility index (Phi) is 3.41. The predicted molar refractivity (Wildman–Crippen MR) is 60.7 cm³/mol. The highest BCUT2D eigenvalue weighted by Crippen LogP contribution is 2.31. The fraction of sp³-hybridized carbons (Fsp3) is 0.500. The third-order valence-electron chi connectivity index (χ3n) is 2.38. The van der Waals surface area contributed by atoms with Crippen LogP contribution in [0.2, 0.25) is 5.02 Å². The molecule has 1 nitrogen and oxygen atoms in total. The van der Waals surface area contributed by atoms with Crippen LogP contribution in [0, 0.1) is 5.82 Å². The second-order valence-corrected chi connectivity index (χ2v) is 4.99. The second-order valence-electron chi connectivity index (χ2n) is 4.58. The lowest BCUT2D eigenvalue weighted by Crippen LogP contribution is -2.18. The lowest BCUT2D eigenvalue weighted by atomic mass is 9.92. The summed E-state index contributed by atoms with van der Waals surface area (Å²) < 4.78 is 13.6. The van der Waals surface area contributed by atoms with E-state index in [1.165, 1.54) is 0 Å². The molecule has 0 aliphatic carbocycles. The molecule has 1 N–H and O–H groups in total. The highest BCUT2D eigenvalue weighted by Gasteiger charge is 2.23. The molecule has 0 bridgehead atoms. The van der Waals surface area contributed by atoms with Gasteiger partial charge in [-0.3, -0.25) is 0 Å². The summed E-state index contributed by atoms with van der Waals surface area (Å²) in [6.45, 7) is 7.09.